The lowest BCUT2D eigenvalue weighted by Crippen LogP contribution is -2.36. The molecule has 1 aromatic carbocycles. The first-order valence-electron chi connectivity index (χ1n) is 6.14. The van der Waals surface area contributed by atoms with E-state index in [4.69, 9.17) is 9.47 Å². The highest BCUT2D eigenvalue weighted by molar-refractivity contribution is 6.43. The summed E-state index contributed by atoms with van der Waals surface area (Å²) in [5.74, 6) is -0.237. The third kappa shape index (κ3) is 3.24. The SMILES string of the molecule is CCN(CC)C(=O)C(=O)c1cc(OC)ccc1OC. The number of Topliss-reactive ketones (excluding diaryl/α,β-unsaturated/α-hetero) is 1. The van der Waals surface area contributed by atoms with E-state index in [0.717, 1.165) is 0 Å². The van der Waals surface area contributed by atoms with Gasteiger partial charge in [-0.15, -0.1) is 0 Å². The number of methoxy groups -OCH3 is 2. The number of hydrogen-bond acceptors (Lipinski definition) is 4. The molecule has 5 heteroatoms. The van der Waals surface area contributed by atoms with Crippen LogP contribution < -0.4 is 9.47 Å². The number of ether oxygens (including phenoxy) is 2. The molecule has 0 saturated carbocycles. The van der Waals surface area contributed by atoms with Gasteiger partial charge in [0.05, 0.1) is 19.8 Å². The molecule has 0 saturated heterocycles. The fourth-order valence-electron chi connectivity index (χ4n) is 1.76. The van der Waals surface area contributed by atoms with Gasteiger partial charge >= 0.3 is 0 Å². The molecule has 0 aliphatic carbocycles. The van der Waals surface area contributed by atoms with Gasteiger partial charge in [0.2, 0.25) is 0 Å². The van der Waals surface area contributed by atoms with Crippen LogP contribution in [0.5, 0.6) is 11.5 Å². The predicted molar refractivity (Wildman–Crippen MR) is 71.8 cm³/mol. The topological polar surface area (TPSA) is 55.8 Å². The Morgan fingerprint density at radius 2 is 1.74 bits per heavy atom. The Morgan fingerprint density at radius 3 is 2.21 bits per heavy atom. The van der Waals surface area contributed by atoms with Crippen molar-refractivity contribution in [2.24, 2.45) is 0 Å². The van der Waals surface area contributed by atoms with Crippen LogP contribution in [0.25, 0.3) is 0 Å². The molecule has 5 nitrogen and oxygen atoms in total. The van der Waals surface area contributed by atoms with Crippen molar-refractivity contribution in [3.63, 3.8) is 0 Å². The lowest BCUT2D eigenvalue weighted by atomic mass is 10.1. The monoisotopic (exact) mass is 265 g/mol. The molecule has 1 aromatic rings. The van der Waals surface area contributed by atoms with Crippen molar-refractivity contribution in [2.45, 2.75) is 13.8 Å². The van der Waals surface area contributed by atoms with E-state index in [-0.39, 0.29) is 5.56 Å². The van der Waals surface area contributed by atoms with Crippen molar-refractivity contribution >= 4 is 11.7 Å². The molecule has 19 heavy (non-hydrogen) atoms. The van der Waals surface area contributed by atoms with E-state index in [9.17, 15) is 9.59 Å². The summed E-state index contributed by atoms with van der Waals surface area (Å²) in [6.07, 6.45) is 0. The van der Waals surface area contributed by atoms with Gasteiger partial charge in [0.15, 0.2) is 0 Å². The van der Waals surface area contributed by atoms with E-state index < -0.39 is 11.7 Å². The quantitative estimate of drug-likeness (QED) is 0.581. The van der Waals surface area contributed by atoms with Crippen LogP contribution in [-0.2, 0) is 4.79 Å². The van der Waals surface area contributed by atoms with E-state index in [1.54, 1.807) is 12.1 Å². The zero-order chi connectivity index (χ0) is 14.4. The zero-order valence-corrected chi connectivity index (χ0v) is 11.7. The minimum Gasteiger partial charge on any atom is -0.497 e. The van der Waals surface area contributed by atoms with Crippen molar-refractivity contribution in [1.82, 2.24) is 4.90 Å². The summed E-state index contributed by atoms with van der Waals surface area (Å²) in [5.41, 5.74) is 0.221. The minimum atomic E-state index is -0.584. The van der Waals surface area contributed by atoms with Gasteiger partial charge in [-0.05, 0) is 32.0 Å². The normalized spacial score (nSPS) is 9.89. The highest BCUT2D eigenvalue weighted by Gasteiger charge is 2.24. The van der Waals surface area contributed by atoms with Crippen molar-refractivity contribution in [2.75, 3.05) is 27.3 Å². The Morgan fingerprint density at radius 1 is 1.11 bits per heavy atom. The molecule has 1 amide bonds. The summed E-state index contributed by atoms with van der Waals surface area (Å²) in [5, 5.41) is 0. The fourth-order valence-corrected chi connectivity index (χ4v) is 1.76. The number of hydrogen-bond donors (Lipinski definition) is 0. The van der Waals surface area contributed by atoms with Gasteiger partial charge in [0.1, 0.15) is 11.5 Å². The molecule has 0 aliphatic heterocycles. The summed E-state index contributed by atoms with van der Waals surface area (Å²) < 4.78 is 10.2. The van der Waals surface area contributed by atoms with Gasteiger partial charge in [-0.3, -0.25) is 9.59 Å². The van der Waals surface area contributed by atoms with Crippen molar-refractivity contribution in [3.05, 3.63) is 23.8 Å². The van der Waals surface area contributed by atoms with Crippen molar-refractivity contribution in [1.29, 1.82) is 0 Å². The third-order valence-corrected chi connectivity index (χ3v) is 2.90. The number of carbonyl (C=O) groups excluding carboxylic acids is 2. The van der Waals surface area contributed by atoms with E-state index in [1.165, 1.54) is 25.2 Å². The summed E-state index contributed by atoms with van der Waals surface area (Å²) in [4.78, 5) is 25.8. The summed E-state index contributed by atoms with van der Waals surface area (Å²) >= 11 is 0. The third-order valence-electron chi connectivity index (χ3n) is 2.90. The molecular weight excluding hydrogens is 246 g/mol. The van der Waals surface area contributed by atoms with Crippen molar-refractivity contribution in [3.8, 4) is 11.5 Å². The van der Waals surface area contributed by atoms with Crippen LogP contribution in [-0.4, -0.2) is 43.9 Å². The fraction of sp³-hybridized carbons (Fsp3) is 0.429. The zero-order valence-electron chi connectivity index (χ0n) is 11.7. The lowest BCUT2D eigenvalue weighted by molar-refractivity contribution is -0.126. The predicted octanol–water partition coefficient (Wildman–Crippen LogP) is 1.75. The molecule has 1 rings (SSSR count). The molecule has 0 radical (unpaired) electrons. The average Bonchev–Trinajstić information content (AvgIpc) is 2.46. The van der Waals surface area contributed by atoms with Gasteiger partial charge in [0, 0.05) is 13.1 Å². The molecule has 0 heterocycles. The first kappa shape index (κ1) is 15.0. The number of rotatable bonds is 6. The van der Waals surface area contributed by atoms with Crippen LogP contribution >= 0.6 is 0 Å². The lowest BCUT2D eigenvalue weighted by Gasteiger charge is -2.18. The maximum Gasteiger partial charge on any atom is 0.295 e. The average molecular weight is 265 g/mol. The molecule has 0 spiro atoms. The van der Waals surface area contributed by atoms with Crippen LogP contribution in [0, 0.1) is 0 Å². The number of benzene rings is 1. The summed E-state index contributed by atoms with van der Waals surface area (Å²) in [6.45, 7) is 4.65. The maximum absolute atomic E-state index is 12.2. The Hall–Kier alpha value is -2.04. The Labute approximate surface area is 113 Å². The van der Waals surface area contributed by atoms with Crippen LogP contribution in [0.3, 0.4) is 0 Å². The Bertz CT molecular complexity index is 467. The van der Waals surface area contributed by atoms with Gasteiger partial charge in [0.25, 0.3) is 11.7 Å². The molecule has 0 unspecified atom stereocenters. The second-order valence-electron chi connectivity index (χ2n) is 3.87. The Balaban J connectivity index is 3.13. The summed E-state index contributed by atoms with van der Waals surface area (Å²) in [7, 11) is 2.96. The molecule has 0 aromatic heterocycles. The molecule has 0 fully saturated rings. The molecule has 0 bridgehead atoms. The number of nitrogens with zero attached hydrogens (tertiary/aromatic N) is 1. The largest absolute Gasteiger partial charge is 0.497 e. The van der Waals surface area contributed by atoms with Crippen LogP contribution in [0.4, 0.5) is 0 Å². The molecular formula is C14H19NO4. The van der Waals surface area contributed by atoms with Crippen molar-refractivity contribution < 1.29 is 19.1 Å². The summed E-state index contributed by atoms with van der Waals surface area (Å²) in [6, 6.07) is 4.81. The first-order chi connectivity index (χ1) is 9.08. The molecule has 0 aliphatic rings. The number of likely N-dealkylation sites (N-methyl/N-ethyl adjacent to an activating group) is 1. The second-order valence-corrected chi connectivity index (χ2v) is 3.87. The number of ketones is 1. The second kappa shape index (κ2) is 6.78. The number of carbonyl (C=O) groups is 2. The van der Waals surface area contributed by atoms with Crippen LogP contribution in [0.2, 0.25) is 0 Å². The highest BCUT2D eigenvalue weighted by Crippen LogP contribution is 2.24. The first-order valence-corrected chi connectivity index (χ1v) is 6.14. The van der Waals surface area contributed by atoms with Gasteiger partial charge in [-0.2, -0.15) is 0 Å². The maximum atomic E-state index is 12.2. The van der Waals surface area contributed by atoms with Gasteiger partial charge < -0.3 is 14.4 Å². The van der Waals surface area contributed by atoms with E-state index in [0.29, 0.717) is 24.6 Å². The number of amides is 1. The van der Waals surface area contributed by atoms with Crippen LogP contribution in [0.1, 0.15) is 24.2 Å². The van der Waals surface area contributed by atoms with Gasteiger partial charge in [-0.1, -0.05) is 0 Å². The molecule has 104 valence electrons. The standard InChI is InChI=1S/C14H19NO4/c1-5-15(6-2)14(17)13(16)11-9-10(18-3)7-8-12(11)19-4/h7-9H,5-6H2,1-4H3. The molecule has 0 N–H and O–H groups in total. The minimum absolute atomic E-state index is 0.221. The smallest absolute Gasteiger partial charge is 0.295 e. The van der Waals surface area contributed by atoms with E-state index in [2.05, 4.69) is 0 Å². The van der Waals surface area contributed by atoms with Gasteiger partial charge in [-0.25, -0.2) is 0 Å². The van der Waals surface area contributed by atoms with Crippen LogP contribution in [0.15, 0.2) is 18.2 Å². The van der Waals surface area contributed by atoms with E-state index >= 15 is 0 Å². The Kier molecular flexibility index (Phi) is 5.36. The highest BCUT2D eigenvalue weighted by atomic mass is 16.5. The molecule has 0 atom stereocenters. The van der Waals surface area contributed by atoms with E-state index in [1.807, 2.05) is 13.8 Å².